The fourth-order valence-electron chi connectivity index (χ4n) is 10.4. The van der Waals surface area contributed by atoms with Crippen LogP contribution < -0.4 is 37.2 Å². The highest BCUT2D eigenvalue weighted by atomic mass is 16.5. The lowest BCUT2D eigenvalue weighted by Gasteiger charge is -2.16. The molecule has 0 aromatic carbocycles. The number of nitrogens with zero attached hydrogens (tertiary/aromatic N) is 4. The van der Waals surface area contributed by atoms with Crippen molar-refractivity contribution in [1.29, 1.82) is 0 Å². The van der Waals surface area contributed by atoms with Crippen LogP contribution in [0, 0.1) is 0 Å². The zero-order chi connectivity index (χ0) is 50.1. The van der Waals surface area contributed by atoms with Crippen molar-refractivity contribution in [2.75, 3.05) is 99.8 Å². The highest BCUT2D eigenvalue weighted by Crippen LogP contribution is 2.19. The minimum Gasteiger partial charge on any atom is -0.380 e. The predicted octanol–water partition coefficient (Wildman–Crippen LogP) is 7.38. The van der Waals surface area contributed by atoms with E-state index in [1.807, 2.05) is 7.05 Å². The molecule has 0 unspecified atom stereocenters. The lowest BCUT2D eigenvalue weighted by molar-refractivity contribution is 0.188. The molecule has 7 fully saturated rings. The van der Waals surface area contributed by atoms with Gasteiger partial charge < -0.3 is 61.6 Å². The quantitative estimate of drug-likeness (QED) is 0.0892. The second-order valence-corrected chi connectivity index (χ2v) is 23.0. The van der Waals surface area contributed by atoms with Gasteiger partial charge in [0.2, 0.25) is 0 Å². The number of ether oxygens (including phenoxy) is 1. The Kier molecular flexibility index (Phi) is 37.7. The predicted molar refractivity (Wildman–Crippen MR) is 295 cm³/mol. The van der Waals surface area contributed by atoms with Crippen LogP contribution in [0.4, 0.5) is 0 Å². The summed E-state index contributed by atoms with van der Waals surface area (Å²) >= 11 is 0. The number of likely N-dealkylation sites (tertiary alicyclic amines) is 4. The fraction of sp³-hybridized carbons (Fsp3) is 1.00. The van der Waals surface area contributed by atoms with Crippen molar-refractivity contribution in [2.24, 2.45) is 0 Å². The fourth-order valence-corrected chi connectivity index (χ4v) is 10.4. The van der Waals surface area contributed by atoms with Gasteiger partial charge in [0.05, 0.1) is 6.61 Å². The molecule has 2 saturated carbocycles. The lowest BCUT2D eigenvalue weighted by atomic mass is 10.2. The van der Waals surface area contributed by atoms with Crippen LogP contribution in [0.1, 0.15) is 180 Å². The minimum absolute atomic E-state index is 0.594. The molecule has 5 saturated heterocycles. The van der Waals surface area contributed by atoms with Crippen molar-refractivity contribution >= 4 is 0 Å². The van der Waals surface area contributed by atoms with Crippen molar-refractivity contribution in [1.82, 2.24) is 56.8 Å². The van der Waals surface area contributed by atoms with Gasteiger partial charge >= 0.3 is 0 Å². The maximum absolute atomic E-state index is 5.20. The monoisotopic (exact) mass is 952 g/mol. The first-order valence-electron chi connectivity index (χ1n) is 28.4. The Hall–Kier alpha value is -0.480. The number of rotatable bonds is 15. The van der Waals surface area contributed by atoms with Gasteiger partial charge in [0.1, 0.15) is 0 Å². The second-order valence-electron chi connectivity index (χ2n) is 23.0. The van der Waals surface area contributed by atoms with Crippen LogP contribution in [0.3, 0.4) is 0 Å². The molecule has 12 heteroatoms. The molecule has 2 aliphatic carbocycles. The minimum atomic E-state index is 0.594. The summed E-state index contributed by atoms with van der Waals surface area (Å²) < 4.78 is 5.20. The summed E-state index contributed by atoms with van der Waals surface area (Å²) in [6.45, 7) is 45.2. The number of likely N-dealkylation sites (N-methyl/N-ethyl adjacent to an activating group) is 5. The lowest BCUT2D eigenvalue weighted by Crippen LogP contribution is -2.36. The molecule has 402 valence electrons. The average Bonchev–Trinajstić information content (AvgIpc) is 4.10. The third-order valence-corrected chi connectivity index (χ3v) is 13.7. The van der Waals surface area contributed by atoms with E-state index in [1.165, 1.54) is 149 Å². The molecule has 67 heavy (non-hydrogen) atoms. The molecule has 5 aliphatic heterocycles. The van der Waals surface area contributed by atoms with Crippen molar-refractivity contribution in [3.63, 3.8) is 0 Å². The average molecular weight is 953 g/mol. The van der Waals surface area contributed by atoms with Gasteiger partial charge in [-0.1, -0.05) is 123 Å². The summed E-state index contributed by atoms with van der Waals surface area (Å²) in [5, 5.41) is 24.4. The zero-order valence-electron chi connectivity index (χ0n) is 47.9. The first-order valence-corrected chi connectivity index (χ1v) is 28.4. The van der Waals surface area contributed by atoms with Crippen LogP contribution in [-0.4, -0.2) is 198 Å². The summed E-state index contributed by atoms with van der Waals surface area (Å²) in [4.78, 5) is 9.72. The highest BCUT2D eigenvalue weighted by Gasteiger charge is 2.23. The van der Waals surface area contributed by atoms with Crippen LogP contribution in [-0.2, 0) is 4.74 Å². The maximum Gasteiger partial charge on any atom is 0.0620 e. The molecule has 0 aromatic heterocycles. The Balaban J connectivity index is 0.000000391. The molecular weight excluding hydrogens is 831 g/mol. The van der Waals surface area contributed by atoms with Gasteiger partial charge in [-0.3, -0.25) is 0 Å². The van der Waals surface area contributed by atoms with Crippen LogP contribution in [0.25, 0.3) is 0 Å². The Morgan fingerprint density at radius 3 is 0.970 bits per heavy atom. The first-order chi connectivity index (χ1) is 31.8. The third-order valence-electron chi connectivity index (χ3n) is 13.7. The van der Waals surface area contributed by atoms with E-state index in [-0.39, 0.29) is 0 Å². The molecule has 0 bridgehead atoms. The van der Waals surface area contributed by atoms with Gasteiger partial charge in [0, 0.05) is 111 Å². The van der Waals surface area contributed by atoms with Crippen LogP contribution >= 0.6 is 0 Å². The number of nitrogens with one attached hydrogen (secondary N) is 7. The molecule has 5 heterocycles. The van der Waals surface area contributed by atoms with Gasteiger partial charge in [0.25, 0.3) is 0 Å². The Morgan fingerprint density at radius 2 is 0.701 bits per heavy atom. The SMILES string of the molecule is CC(C)NC1CCCC1.CC(C)NC1CCCC1.CC(C)N[C@@H]1CCN(C)C1.CC(C)N[C@@H]1CCOC1.CC(C)N[C@H]1CCN(C)C1.CCN1CC[C@@H](NC(C)C)C1.CCN1CC[C@H](NC)C1. The van der Waals surface area contributed by atoms with Crippen molar-refractivity contribution in [3.05, 3.63) is 0 Å². The summed E-state index contributed by atoms with van der Waals surface area (Å²) in [7, 11) is 6.41. The highest BCUT2D eigenvalue weighted by molar-refractivity contribution is 4.83. The van der Waals surface area contributed by atoms with E-state index < -0.39 is 0 Å². The Labute approximate surface area is 418 Å². The molecular formula is C55H121N11O. The number of hydrogen-bond donors (Lipinski definition) is 7. The molecule has 7 aliphatic rings. The third kappa shape index (κ3) is 35.3. The molecule has 0 amide bonds. The van der Waals surface area contributed by atoms with Crippen molar-refractivity contribution in [3.8, 4) is 0 Å². The van der Waals surface area contributed by atoms with Gasteiger partial charge in [0.15, 0.2) is 0 Å². The molecule has 5 atom stereocenters. The van der Waals surface area contributed by atoms with E-state index >= 15 is 0 Å². The molecule has 7 rings (SSSR count). The van der Waals surface area contributed by atoms with Crippen LogP contribution in [0.2, 0.25) is 0 Å². The summed E-state index contributed by atoms with van der Waals surface area (Å²) in [6, 6.07) is 9.12. The van der Waals surface area contributed by atoms with Crippen LogP contribution in [0.15, 0.2) is 0 Å². The topological polar surface area (TPSA) is 106 Å². The molecule has 7 N–H and O–H groups in total. The molecule has 12 nitrogen and oxygen atoms in total. The first kappa shape index (κ1) is 64.5. The van der Waals surface area contributed by atoms with Gasteiger partial charge in [-0.25, -0.2) is 0 Å². The molecule has 0 aromatic rings. The van der Waals surface area contributed by atoms with E-state index in [1.54, 1.807) is 0 Å². The van der Waals surface area contributed by atoms with Crippen LogP contribution in [0.5, 0.6) is 0 Å². The van der Waals surface area contributed by atoms with E-state index in [4.69, 9.17) is 4.74 Å². The second kappa shape index (κ2) is 39.1. The largest absolute Gasteiger partial charge is 0.380 e. The Morgan fingerprint density at radius 1 is 0.388 bits per heavy atom. The van der Waals surface area contributed by atoms with Gasteiger partial charge in [-0.2, -0.15) is 0 Å². The van der Waals surface area contributed by atoms with E-state index in [0.717, 1.165) is 49.5 Å². The summed E-state index contributed by atoms with van der Waals surface area (Å²) in [5.41, 5.74) is 0. The smallest absolute Gasteiger partial charge is 0.0620 e. The molecule has 0 radical (unpaired) electrons. The van der Waals surface area contributed by atoms with E-state index in [9.17, 15) is 0 Å². The van der Waals surface area contributed by atoms with E-state index in [0.29, 0.717) is 42.3 Å². The van der Waals surface area contributed by atoms with Gasteiger partial charge in [-0.15, -0.1) is 0 Å². The molecule has 0 spiro atoms. The van der Waals surface area contributed by atoms with Crippen molar-refractivity contribution in [2.45, 2.75) is 259 Å². The van der Waals surface area contributed by atoms with Crippen molar-refractivity contribution < 1.29 is 4.74 Å². The zero-order valence-corrected chi connectivity index (χ0v) is 47.9. The number of hydrogen-bond acceptors (Lipinski definition) is 12. The standard InChI is InChI=1S/C9H20N2.2C8H18N2.2C8H17N.C7H16N2.C7H15NO/c1-4-11-6-5-9(7-11)10-8(2)3;2*1-7(2)9-8-4-5-10(3)6-8;2*1-7(2)9-8-5-3-4-6-8;1-3-9-5-4-7(6-9)8-2;1-6(2)8-7-3-4-9-5-7/h8-10H,4-7H2,1-3H3;2*7-9H,4-6H2,1-3H3;2*7-9H,3-6H2,1-2H3;7-8H,3-6H2,1-2H3;6-8H,3-5H2,1-2H3/t9-;2*8-;;;2*7-/m110..01/s1. The Bertz CT molecular complexity index is 1010. The van der Waals surface area contributed by atoms with Gasteiger partial charge in [-0.05, 0) is 118 Å². The van der Waals surface area contributed by atoms with E-state index in [2.05, 4.69) is 168 Å². The maximum atomic E-state index is 5.20. The summed E-state index contributed by atoms with van der Waals surface area (Å²) in [6.07, 6.45) is 17.8. The normalized spacial score (nSPS) is 26.3. The summed E-state index contributed by atoms with van der Waals surface area (Å²) in [5.74, 6) is 0.